The van der Waals surface area contributed by atoms with Crippen LogP contribution in [0.3, 0.4) is 0 Å². The van der Waals surface area contributed by atoms with Crippen molar-refractivity contribution in [3.05, 3.63) is 35.4 Å². The van der Waals surface area contributed by atoms with Crippen LogP contribution in [0, 0.1) is 41.4 Å². The number of hydrogen-bond donors (Lipinski definition) is 4. The number of carbonyl (C=O) groups is 2. The summed E-state index contributed by atoms with van der Waals surface area (Å²) in [7, 11) is 6.45. The maximum Gasteiger partial charge on any atom is 0.407 e. The molecule has 0 aromatic heterocycles. The fraction of sp³-hybridized carbons (Fsp3) is 0.702. The quantitative estimate of drug-likeness (QED) is 0.0815. The van der Waals surface area contributed by atoms with Crippen molar-refractivity contribution >= 4 is 23.4 Å². The van der Waals surface area contributed by atoms with E-state index in [-0.39, 0.29) is 41.8 Å². The largest absolute Gasteiger partial charge is 0.493 e. The van der Waals surface area contributed by atoms with Gasteiger partial charge in [0.2, 0.25) is 0 Å². The molecule has 14 nitrogen and oxygen atoms in total. The van der Waals surface area contributed by atoms with Gasteiger partial charge in [-0.1, -0.05) is 0 Å². The molecule has 1 heterocycles. The lowest BCUT2D eigenvalue weighted by Crippen LogP contribution is -2.62. The summed E-state index contributed by atoms with van der Waals surface area (Å²) >= 11 is 0. The second kappa shape index (κ2) is 19.1. The Labute approximate surface area is 361 Å². The van der Waals surface area contributed by atoms with E-state index in [1.165, 1.54) is 0 Å². The van der Waals surface area contributed by atoms with Gasteiger partial charge in [0.1, 0.15) is 11.2 Å². The predicted octanol–water partition coefficient (Wildman–Crippen LogP) is 7.03. The molecule has 4 aliphatic carbocycles. The molecule has 1 amide bonds. The number of benzene rings is 2. The average Bonchev–Trinajstić information content (AvgIpc) is 3.52. The summed E-state index contributed by atoms with van der Waals surface area (Å²) in [5, 5.41) is 6.35. The van der Waals surface area contributed by atoms with Crippen molar-refractivity contribution in [3.63, 3.8) is 0 Å². The fourth-order valence-electron chi connectivity index (χ4n) is 11.8. The number of fused-ring (bicyclic) bond motifs is 6. The van der Waals surface area contributed by atoms with Crippen LogP contribution in [0.2, 0.25) is 0 Å². The van der Waals surface area contributed by atoms with E-state index in [1.54, 1.807) is 40.6 Å². The monoisotopic (exact) mass is 851 g/mol. The minimum Gasteiger partial charge on any atom is -0.493 e. The summed E-state index contributed by atoms with van der Waals surface area (Å²) in [4.78, 5) is 26.3. The Morgan fingerprint density at radius 3 is 1.72 bits per heavy atom. The maximum absolute atomic E-state index is 14.2. The van der Waals surface area contributed by atoms with E-state index in [4.69, 9.17) is 49.4 Å². The Hall–Kier alpha value is -4.14. The van der Waals surface area contributed by atoms with Crippen LogP contribution in [0.15, 0.2) is 24.3 Å². The highest BCUT2D eigenvalue weighted by atomic mass is 16.6. The topological polar surface area (TPSA) is 184 Å². The van der Waals surface area contributed by atoms with Crippen molar-refractivity contribution in [1.29, 1.82) is 0 Å². The summed E-state index contributed by atoms with van der Waals surface area (Å²) in [6.45, 7) is 8.23. The van der Waals surface area contributed by atoms with Gasteiger partial charge >= 0.3 is 12.1 Å². The smallest absolute Gasteiger partial charge is 0.407 e. The molecule has 0 radical (unpaired) electrons. The van der Waals surface area contributed by atoms with E-state index < -0.39 is 17.3 Å². The van der Waals surface area contributed by atoms with Crippen molar-refractivity contribution in [3.8, 4) is 23.0 Å². The van der Waals surface area contributed by atoms with Gasteiger partial charge in [0, 0.05) is 65.5 Å². The standard InChI is InChI=1S/C47H70N4O10/c1-46(2,3)61-45(53)51-15-14-50-24-27-8-11-37-34(16-27)44(52)60-47(37)35-12-9-32(58-25-30-20-40(54-4)42(56-6)22-38(30)48)18-28(35)17-29-19-33(10-13-36(29)47)59-26-31-21-41(55-5)43(57-7)23-39(31)49/h20-23,27-29,32-37,50H,8-19,24-26,48-49H2,1-7H3,(H,51,53). The molecule has 61 heavy (non-hydrogen) atoms. The Morgan fingerprint density at radius 2 is 1.21 bits per heavy atom. The highest BCUT2D eigenvalue weighted by Gasteiger charge is 2.68. The summed E-state index contributed by atoms with van der Waals surface area (Å²) in [5.74, 6) is 4.16. The number of nitrogens with two attached hydrogens (primary N) is 2. The number of amides is 1. The van der Waals surface area contributed by atoms with Crippen molar-refractivity contribution in [1.82, 2.24) is 10.6 Å². The van der Waals surface area contributed by atoms with Gasteiger partial charge in [0.15, 0.2) is 23.0 Å². The first-order valence-corrected chi connectivity index (χ1v) is 22.4. The molecular weight excluding hydrogens is 781 g/mol. The van der Waals surface area contributed by atoms with Crippen LogP contribution >= 0.6 is 0 Å². The average molecular weight is 851 g/mol. The number of carbonyl (C=O) groups excluding carboxylic acids is 2. The lowest BCUT2D eigenvalue weighted by Gasteiger charge is -2.60. The van der Waals surface area contributed by atoms with Gasteiger partial charge in [-0.2, -0.15) is 0 Å². The van der Waals surface area contributed by atoms with Crippen LogP contribution in [0.4, 0.5) is 16.2 Å². The van der Waals surface area contributed by atoms with E-state index in [9.17, 15) is 9.59 Å². The van der Waals surface area contributed by atoms with Crippen LogP contribution in [0.5, 0.6) is 23.0 Å². The third kappa shape index (κ3) is 9.76. The molecule has 4 saturated carbocycles. The molecule has 2 aromatic carbocycles. The van der Waals surface area contributed by atoms with Crippen molar-refractivity contribution < 1.29 is 47.5 Å². The number of nitrogen functional groups attached to an aromatic ring is 2. The summed E-state index contributed by atoms with van der Waals surface area (Å²) in [6.07, 6.45) is 9.17. The highest BCUT2D eigenvalue weighted by molar-refractivity contribution is 5.76. The van der Waals surface area contributed by atoms with E-state index in [1.807, 2.05) is 32.9 Å². The molecule has 7 rings (SSSR count). The number of nitrogens with one attached hydrogen (secondary N) is 2. The van der Waals surface area contributed by atoms with Crippen molar-refractivity contribution in [2.45, 2.75) is 122 Å². The van der Waals surface area contributed by atoms with Gasteiger partial charge < -0.3 is 60.0 Å². The van der Waals surface area contributed by atoms with Crippen LogP contribution in [0.25, 0.3) is 0 Å². The van der Waals surface area contributed by atoms with Gasteiger partial charge in [-0.15, -0.1) is 0 Å². The SMILES string of the molecule is COc1cc(N)c(COC2CCC3C(C2)CC2CC(OCc4cc(OC)c(OC)cc4N)CCC2C32OC(=O)C3CC(CNCCNC(=O)OC(C)(C)C)CCC32)cc1OC. The molecule has 1 saturated heterocycles. The molecule has 6 N–H and O–H groups in total. The number of alkyl carbamates (subject to hydrolysis) is 1. The Morgan fingerprint density at radius 1 is 0.705 bits per heavy atom. The maximum atomic E-state index is 14.2. The number of esters is 1. The second-order valence-corrected chi connectivity index (χ2v) is 19.1. The highest BCUT2D eigenvalue weighted by Crippen LogP contribution is 2.65. The summed E-state index contributed by atoms with van der Waals surface area (Å²) < 4.78 is 47.7. The van der Waals surface area contributed by atoms with E-state index in [0.29, 0.717) is 78.4 Å². The zero-order valence-corrected chi connectivity index (χ0v) is 37.3. The summed E-state index contributed by atoms with van der Waals surface area (Å²) in [6, 6.07) is 7.39. The molecule has 1 aliphatic heterocycles. The molecule has 5 aliphatic rings. The first-order valence-electron chi connectivity index (χ1n) is 22.4. The molecule has 14 heteroatoms. The number of methoxy groups -OCH3 is 4. The van der Waals surface area contributed by atoms with Gasteiger partial charge in [-0.25, -0.2) is 4.79 Å². The molecule has 0 bridgehead atoms. The first-order chi connectivity index (χ1) is 29.3. The van der Waals surface area contributed by atoms with Crippen LogP contribution in [-0.2, 0) is 37.0 Å². The van der Waals surface area contributed by atoms with Gasteiger partial charge in [-0.3, -0.25) is 4.79 Å². The van der Waals surface area contributed by atoms with Crippen LogP contribution in [0.1, 0.15) is 96.1 Å². The van der Waals surface area contributed by atoms with E-state index >= 15 is 0 Å². The normalized spacial score (nSPS) is 30.7. The van der Waals surface area contributed by atoms with Gasteiger partial charge in [-0.05, 0) is 121 Å². The van der Waals surface area contributed by atoms with E-state index in [0.717, 1.165) is 81.9 Å². The van der Waals surface area contributed by atoms with Crippen molar-refractivity contribution in [2.75, 3.05) is 59.5 Å². The third-order valence-corrected chi connectivity index (χ3v) is 14.4. The number of rotatable bonds is 15. The molecule has 9 atom stereocenters. The lowest BCUT2D eigenvalue weighted by atomic mass is 9.47. The molecule has 9 unspecified atom stereocenters. The third-order valence-electron chi connectivity index (χ3n) is 14.4. The molecule has 338 valence electrons. The van der Waals surface area contributed by atoms with Crippen molar-refractivity contribution in [2.24, 2.45) is 41.4 Å². The molecule has 5 fully saturated rings. The minimum absolute atomic E-state index is 0.00899. The second-order valence-electron chi connectivity index (χ2n) is 19.1. The Balaban J connectivity index is 1.05. The fourth-order valence-corrected chi connectivity index (χ4v) is 11.8. The summed E-state index contributed by atoms with van der Waals surface area (Å²) in [5.41, 5.74) is 14.8. The molecule has 2 aromatic rings. The Kier molecular flexibility index (Phi) is 14.0. The zero-order valence-electron chi connectivity index (χ0n) is 37.3. The molecule has 1 spiro atoms. The first kappa shape index (κ1) is 44.9. The number of anilines is 2. The van der Waals surface area contributed by atoms with Crippen LogP contribution in [-0.4, -0.2) is 83.5 Å². The van der Waals surface area contributed by atoms with Crippen LogP contribution < -0.4 is 41.0 Å². The van der Waals surface area contributed by atoms with Gasteiger partial charge in [0.25, 0.3) is 0 Å². The lowest BCUT2D eigenvalue weighted by molar-refractivity contribution is -0.211. The minimum atomic E-state index is -0.536. The number of ether oxygens (including phenoxy) is 8. The Bertz CT molecular complexity index is 1760. The van der Waals surface area contributed by atoms with Gasteiger partial charge in [0.05, 0.1) is 59.8 Å². The predicted molar refractivity (Wildman–Crippen MR) is 232 cm³/mol. The number of hydrogen-bond acceptors (Lipinski definition) is 13. The van der Waals surface area contributed by atoms with E-state index in [2.05, 4.69) is 10.6 Å². The zero-order chi connectivity index (χ0) is 43.5. The molecular formula is C47H70N4O10.